The predicted molar refractivity (Wildman–Crippen MR) is 81.6 cm³/mol. The van der Waals surface area contributed by atoms with Crippen LogP contribution in [0.3, 0.4) is 0 Å². The molecule has 0 radical (unpaired) electrons. The van der Waals surface area contributed by atoms with Gasteiger partial charge in [-0.2, -0.15) is 0 Å². The Morgan fingerprint density at radius 3 is 2.68 bits per heavy atom. The topological polar surface area (TPSA) is 72.2 Å². The molecule has 0 heterocycles. The van der Waals surface area contributed by atoms with E-state index in [2.05, 4.69) is 19.2 Å². The minimum atomic E-state index is -1.11. The SMILES string of the molecule is Cc1ccc(NC(=O)CS(=O)CCC(C)C)c(N)c1. The zero-order valence-corrected chi connectivity index (χ0v) is 12.5. The molecule has 0 aliphatic heterocycles. The molecule has 106 valence electrons. The first kappa shape index (κ1) is 15.7. The molecule has 1 amide bonds. The van der Waals surface area contributed by atoms with Gasteiger partial charge in [0.25, 0.3) is 0 Å². The fourth-order valence-corrected chi connectivity index (χ4v) is 2.81. The Kier molecular flexibility index (Phi) is 6.02. The van der Waals surface area contributed by atoms with Crippen LogP contribution in [0.2, 0.25) is 0 Å². The van der Waals surface area contributed by atoms with Gasteiger partial charge >= 0.3 is 0 Å². The van der Waals surface area contributed by atoms with E-state index >= 15 is 0 Å². The molecule has 1 unspecified atom stereocenters. The minimum Gasteiger partial charge on any atom is -0.397 e. The molecule has 0 aliphatic carbocycles. The van der Waals surface area contributed by atoms with Crippen molar-refractivity contribution in [2.45, 2.75) is 27.2 Å². The Morgan fingerprint density at radius 1 is 1.42 bits per heavy atom. The van der Waals surface area contributed by atoms with Crippen molar-refractivity contribution in [1.82, 2.24) is 0 Å². The first-order valence-electron chi connectivity index (χ1n) is 6.39. The van der Waals surface area contributed by atoms with E-state index in [1.165, 1.54) is 0 Å². The van der Waals surface area contributed by atoms with Crippen LogP contribution in [0, 0.1) is 12.8 Å². The first-order valence-corrected chi connectivity index (χ1v) is 7.88. The number of carbonyl (C=O) groups excluding carboxylic acids is 1. The van der Waals surface area contributed by atoms with Crippen molar-refractivity contribution in [3.63, 3.8) is 0 Å². The summed E-state index contributed by atoms with van der Waals surface area (Å²) in [4.78, 5) is 11.7. The molecular weight excluding hydrogens is 260 g/mol. The van der Waals surface area contributed by atoms with Crippen LogP contribution in [0.5, 0.6) is 0 Å². The number of amides is 1. The standard InChI is InChI=1S/C14H22N2O2S/c1-10(2)6-7-19(18)9-14(17)16-13-5-4-11(3)8-12(13)15/h4-5,8,10H,6-7,9,15H2,1-3H3,(H,16,17). The van der Waals surface area contributed by atoms with Gasteiger partial charge < -0.3 is 11.1 Å². The molecule has 1 rings (SSSR count). The van der Waals surface area contributed by atoms with E-state index in [0.29, 0.717) is 23.0 Å². The minimum absolute atomic E-state index is 0.0278. The van der Waals surface area contributed by atoms with Crippen molar-refractivity contribution < 1.29 is 9.00 Å². The number of anilines is 2. The van der Waals surface area contributed by atoms with Gasteiger partial charge in [0.2, 0.25) is 5.91 Å². The van der Waals surface area contributed by atoms with Crippen LogP contribution in [0.1, 0.15) is 25.8 Å². The number of hydrogen-bond acceptors (Lipinski definition) is 3. The van der Waals surface area contributed by atoms with Crippen LogP contribution in [0.25, 0.3) is 0 Å². The highest BCUT2D eigenvalue weighted by molar-refractivity contribution is 7.85. The van der Waals surface area contributed by atoms with Crippen molar-refractivity contribution in [2.24, 2.45) is 5.92 Å². The van der Waals surface area contributed by atoms with Crippen molar-refractivity contribution in [1.29, 1.82) is 0 Å². The molecule has 1 atom stereocenters. The van der Waals surface area contributed by atoms with Crippen molar-refractivity contribution in [3.05, 3.63) is 23.8 Å². The Labute approximate surface area is 117 Å². The van der Waals surface area contributed by atoms with Gasteiger partial charge in [-0.3, -0.25) is 9.00 Å². The number of carbonyl (C=O) groups is 1. The summed E-state index contributed by atoms with van der Waals surface area (Å²) in [6, 6.07) is 5.44. The number of nitrogens with one attached hydrogen (secondary N) is 1. The molecule has 19 heavy (non-hydrogen) atoms. The van der Waals surface area contributed by atoms with E-state index in [1.807, 2.05) is 13.0 Å². The molecule has 0 aromatic heterocycles. The van der Waals surface area contributed by atoms with Crippen molar-refractivity contribution >= 4 is 28.1 Å². The molecule has 0 fully saturated rings. The molecule has 0 aliphatic rings. The highest BCUT2D eigenvalue weighted by Gasteiger charge is 2.10. The maximum atomic E-state index is 11.7. The molecule has 0 saturated heterocycles. The Bertz CT molecular complexity index is 473. The lowest BCUT2D eigenvalue weighted by Gasteiger charge is -2.09. The average molecular weight is 282 g/mol. The van der Waals surface area contributed by atoms with Gasteiger partial charge in [0.15, 0.2) is 0 Å². The third kappa shape index (κ3) is 5.87. The monoisotopic (exact) mass is 282 g/mol. The van der Waals surface area contributed by atoms with Crippen molar-refractivity contribution in [2.75, 3.05) is 22.6 Å². The van der Waals surface area contributed by atoms with Gasteiger partial charge in [0.1, 0.15) is 5.75 Å². The first-order chi connectivity index (χ1) is 8.88. The van der Waals surface area contributed by atoms with E-state index in [1.54, 1.807) is 12.1 Å². The lowest BCUT2D eigenvalue weighted by atomic mass is 10.2. The Balaban J connectivity index is 2.49. The second kappa shape index (κ2) is 7.28. The van der Waals surface area contributed by atoms with Crippen LogP contribution in [-0.4, -0.2) is 21.6 Å². The number of hydrogen-bond donors (Lipinski definition) is 2. The zero-order chi connectivity index (χ0) is 14.4. The summed E-state index contributed by atoms with van der Waals surface area (Å²) in [6.07, 6.45) is 0.868. The third-order valence-electron chi connectivity index (χ3n) is 2.70. The molecule has 0 saturated carbocycles. The van der Waals surface area contributed by atoms with E-state index < -0.39 is 10.8 Å². The highest BCUT2D eigenvalue weighted by atomic mass is 32.2. The maximum Gasteiger partial charge on any atom is 0.237 e. The molecule has 4 nitrogen and oxygen atoms in total. The van der Waals surface area contributed by atoms with Crippen LogP contribution < -0.4 is 11.1 Å². The molecule has 3 N–H and O–H groups in total. The number of nitrogen functional groups attached to an aromatic ring is 1. The van der Waals surface area contributed by atoms with E-state index in [9.17, 15) is 9.00 Å². The van der Waals surface area contributed by atoms with Gasteiger partial charge in [-0.25, -0.2) is 0 Å². The Morgan fingerprint density at radius 2 is 2.11 bits per heavy atom. The van der Waals surface area contributed by atoms with Crippen LogP contribution >= 0.6 is 0 Å². The number of benzene rings is 1. The van der Waals surface area contributed by atoms with E-state index in [4.69, 9.17) is 5.73 Å². The normalized spacial score (nSPS) is 12.4. The molecule has 5 heteroatoms. The lowest BCUT2D eigenvalue weighted by Crippen LogP contribution is -2.21. The largest absolute Gasteiger partial charge is 0.397 e. The average Bonchev–Trinajstić information content (AvgIpc) is 2.30. The van der Waals surface area contributed by atoms with Crippen LogP contribution in [0.4, 0.5) is 11.4 Å². The van der Waals surface area contributed by atoms with E-state index in [0.717, 1.165) is 12.0 Å². The van der Waals surface area contributed by atoms with Gasteiger partial charge in [-0.1, -0.05) is 19.9 Å². The summed E-state index contributed by atoms with van der Waals surface area (Å²) >= 11 is 0. The summed E-state index contributed by atoms with van der Waals surface area (Å²) in [5.41, 5.74) is 7.96. The van der Waals surface area contributed by atoms with Gasteiger partial charge in [0, 0.05) is 16.6 Å². The highest BCUT2D eigenvalue weighted by Crippen LogP contribution is 2.19. The fraction of sp³-hybridized carbons (Fsp3) is 0.500. The zero-order valence-electron chi connectivity index (χ0n) is 11.7. The van der Waals surface area contributed by atoms with E-state index in [-0.39, 0.29) is 11.7 Å². The van der Waals surface area contributed by atoms with Crippen LogP contribution in [-0.2, 0) is 15.6 Å². The number of nitrogens with two attached hydrogens (primary N) is 1. The second-order valence-corrected chi connectivity index (χ2v) is 6.69. The lowest BCUT2D eigenvalue weighted by molar-refractivity contribution is -0.113. The molecular formula is C14H22N2O2S. The summed E-state index contributed by atoms with van der Waals surface area (Å²) < 4.78 is 11.7. The predicted octanol–water partition coefficient (Wildman–Crippen LogP) is 2.31. The third-order valence-corrected chi connectivity index (χ3v) is 3.97. The molecule has 1 aromatic carbocycles. The van der Waals surface area contributed by atoms with Crippen molar-refractivity contribution in [3.8, 4) is 0 Å². The molecule has 1 aromatic rings. The fourth-order valence-electron chi connectivity index (χ4n) is 1.57. The quantitative estimate of drug-likeness (QED) is 0.786. The number of aryl methyl sites for hydroxylation is 1. The van der Waals surface area contributed by atoms with Gasteiger partial charge in [0.05, 0.1) is 11.4 Å². The smallest absolute Gasteiger partial charge is 0.237 e. The van der Waals surface area contributed by atoms with Gasteiger partial charge in [-0.05, 0) is 37.0 Å². The summed E-state index contributed by atoms with van der Waals surface area (Å²) in [5.74, 6) is 0.839. The summed E-state index contributed by atoms with van der Waals surface area (Å²) in [7, 11) is -1.11. The maximum absolute atomic E-state index is 11.7. The second-order valence-electron chi connectivity index (χ2n) is 5.11. The molecule has 0 spiro atoms. The van der Waals surface area contributed by atoms with Gasteiger partial charge in [-0.15, -0.1) is 0 Å². The molecule has 0 bridgehead atoms. The summed E-state index contributed by atoms with van der Waals surface area (Å²) in [5, 5.41) is 2.70. The summed E-state index contributed by atoms with van der Waals surface area (Å²) in [6.45, 7) is 6.08. The Hall–Kier alpha value is -1.36. The van der Waals surface area contributed by atoms with Crippen LogP contribution in [0.15, 0.2) is 18.2 Å². The number of rotatable bonds is 6.